The van der Waals surface area contributed by atoms with Crippen molar-refractivity contribution in [1.29, 1.82) is 0 Å². The van der Waals surface area contributed by atoms with Crippen LogP contribution in [0.1, 0.15) is 13.3 Å². The van der Waals surface area contributed by atoms with Crippen molar-refractivity contribution in [2.75, 3.05) is 13.1 Å². The summed E-state index contributed by atoms with van der Waals surface area (Å²) in [4.78, 5) is 0.285. The van der Waals surface area contributed by atoms with Crippen molar-refractivity contribution < 1.29 is 13.5 Å². The lowest BCUT2D eigenvalue weighted by atomic mass is 9.94. The molecule has 0 aliphatic carbocycles. The zero-order valence-electron chi connectivity index (χ0n) is 9.13. The average molecular weight is 241 g/mol. The maximum atomic E-state index is 12.0. The van der Waals surface area contributed by atoms with Gasteiger partial charge in [-0.2, -0.15) is 4.31 Å². The van der Waals surface area contributed by atoms with Crippen LogP contribution in [-0.2, 0) is 10.0 Å². The SMILES string of the molecule is CCC1(O)CN(S(=O)(=O)c2ccccc2)C1. The second-order valence-corrected chi connectivity index (χ2v) is 6.10. The molecule has 4 nitrogen and oxygen atoms in total. The van der Waals surface area contributed by atoms with Gasteiger partial charge in [0.05, 0.1) is 10.5 Å². The molecule has 1 aromatic rings. The van der Waals surface area contributed by atoms with Crippen molar-refractivity contribution in [2.45, 2.75) is 23.8 Å². The van der Waals surface area contributed by atoms with Gasteiger partial charge >= 0.3 is 0 Å². The lowest BCUT2D eigenvalue weighted by Gasteiger charge is -2.44. The summed E-state index contributed by atoms with van der Waals surface area (Å²) in [5.74, 6) is 0. The zero-order valence-corrected chi connectivity index (χ0v) is 9.94. The normalized spacial score (nSPS) is 20.4. The highest BCUT2D eigenvalue weighted by atomic mass is 32.2. The number of nitrogens with zero attached hydrogens (tertiary/aromatic N) is 1. The van der Waals surface area contributed by atoms with E-state index >= 15 is 0 Å². The standard InChI is InChI=1S/C11H15NO3S/c1-2-11(13)8-12(9-11)16(14,15)10-6-4-3-5-7-10/h3-7,13H,2,8-9H2,1H3. The van der Waals surface area contributed by atoms with Crippen LogP contribution in [-0.4, -0.2) is 36.5 Å². The molecule has 1 fully saturated rings. The maximum absolute atomic E-state index is 12.0. The van der Waals surface area contributed by atoms with Gasteiger partial charge in [0, 0.05) is 13.1 Å². The topological polar surface area (TPSA) is 57.6 Å². The van der Waals surface area contributed by atoms with Gasteiger partial charge in [0.1, 0.15) is 0 Å². The van der Waals surface area contributed by atoms with E-state index in [1.54, 1.807) is 30.3 Å². The van der Waals surface area contributed by atoms with E-state index in [1.165, 1.54) is 4.31 Å². The second-order valence-electron chi connectivity index (χ2n) is 4.16. The van der Waals surface area contributed by atoms with Crippen molar-refractivity contribution in [1.82, 2.24) is 4.31 Å². The lowest BCUT2D eigenvalue weighted by molar-refractivity contribution is -0.0613. The monoisotopic (exact) mass is 241 g/mol. The molecule has 0 amide bonds. The van der Waals surface area contributed by atoms with E-state index in [2.05, 4.69) is 0 Å². The largest absolute Gasteiger partial charge is 0.387 e. The Hall–Kier alpha value is -0.910. The minimum Gasteiger partial charge on any atom is -0.387 e. The number of β-amino-alcohol motifs (C(OH)–C–C–N with tert-alkyl or cyclic N) is 1. The van der Waals surface area contributed by atoms with Gasteiger partial charge < -0.3 is 5.11 Å². The molecular formula is C11H15NO3S. The van der Waals surface area contributed by atoms with Crippen molar-refractivity contribution >= 4 is 10.0 Å². The van der Waals surface area contributed by atoms with Crippen LogP contribution in [0.2, 0.25) is 0 Å². The molecule has 1 N–H and O–H groups in total. The quantitative estimate of drug-likeness (QED) is 0.853. The van der Waals surface area contributed by atoms with Crippen molar-refractivity contribution in [2.24, 2.45) is 0 Å². The Morgan fingerprint density at radius 1 is 1.31 bits per heavy atom. The predicted octanol–water partition coefficient (Wildman–Crippen LogP) is 0.832. The van der Waals surface area contributed by atoms with Gasteiger partial charge in [-0.3, -0.25) is 0 Å². The molecule has 0 spiro atoms. The minimum atomic E-state index is -3.41. The molecule has 0 aromatic heterocycles. The first-order chi connectivity index (χ1) is 7.48. The van der Waals surface area contributed by atoms with E-state index in [9.17, 15) is 13.5 Å². The molecular weight excluding hydrogens is 226 g/mol. The van der Waals surface area contributed by atoms with Gasteiger partial charge in [-0.15, -0.1) is 0 Å². The Kier molecular flexibility index (Phi) is 2.77. The third kappa shape index (κ3) is 1.86. The molecule has 16 heavy (non-hydrogen) atoms. The van der Waals surface area contributed by atoms with Crippen LogP contribution in [0, 0.1) is 0 Å². The Balaban J connectivity index is 2.18. The summed E-state index contributed by atoms with van der Waals surface area (Å²) in [6.07, 6.45) is 0.577. The molecule has 1 saturated heterocycles. The second kappa shape index (κ2) is 3.84. The molecule has 0 bridgehead atoms. The molecule has 0 radical (unpaired) electrons. The molecule has 5 heteroatoms. The highest BCUT2D eigenvalue weighted by molar-refractivity contribution is 7.89. The molecule has 1 aliphatic rings. The fourth-order valence-electron chi connectivity index (χ4n) is 1.75. The molecule has 1 aliphatic heterocycles. The van der Waals surface area contributed by atoms with Gasteiger partial charge in [-0.05, 0) is 18.6 Å². The van der Waals surface area contributed by atoms with Gasteiger partial charge in [0.2, 0.25) is 10.0 Å². The Bertz CT molecular complexity index is 463. The van der Waals surface area contributed by atoms with Crippen LogP contribution in [0.4, 0.5) is 0 Å². The summed E-state index contributed by atoms with van der Waals surface area (Å²) >= 11 is 0. The van der Waals surface area contributed by atoms with Gasteiger partial charge in [-0.1, -0.05) is 25.1 Å². The first kappa shape index (κ1) is 11.6. The smallest absolute Gasteiger partial charge is 0.243 e. The van der Waals surface area contributed by atoms with E-state index in [-0.39, 0.29) is 18.0 Å². The minimum absolute atomic E-state index is 0.195. The maximum Gasteiger partial charge on any atom is 0.243 e. The number of sulfonamides is 1. The Labute approximate surface area is 95.6 Å². The first-order valence-electron chi connectivity index (χ1n) is 5.25. The number of hydrogen-bond donors (Lipinski definition) is 1. The highest BCUT2D eigenvalue weighted by Gasteiger charge is 2.45. The number of hydrogen-bond acceptors (Lipinski definition) is 3. The Morgan fingerprint density at radius 3 is 2.38 bits per heavy atom. The molecule has 0 saturated carbocycles. The molecule has 1 heterocycles. The summed E-state index contributed by atoms with van der Waals surface area (Å²) in [5, 5.41) is 9.79. The van der Waals surface area contributed by atoms with Crippen LogP contribution in [0.3, 0.4) is 0 Å². The van der Waals surface area contributed by atoms with Crippen molar-refractivity contribution in [3.05, 3.63) is 30.3 Å². The van der Waals surface area contributed by atoms with E-state index in [4.69, 9.17) is 0 Å². The van der Waals surface area contributed by atoms with Gasteiger partial charge in [0.15, 0.2) is 0 Å². The average Bonchev–Trinajstić information content (AvgIpc) is 2.26. The zero-order chi connectivity index (χ0) is 11.8. The molecule has 2 rings (SSSR count). The van der Waals surface area contributed by atoms with E-state index in [0.717, 1.165) is 0 Å². The van der Waals surface area contributed by atoms with Crippen molar-refractivity contribution in [3.8, 4) is 0 Å². The van der Waals surface area contributed by atoms with Crippen LogP contribution in [0.25, 0.3) is 0 Å². The molecule has 0 atom stereocenters. The predicted molar refractivity (Wildman–Crippen MR) is 60.4 cm³/mol. The van der Waals surface area contributed by atoms with Crippen LogP contribution in [0.15, 0.2) is 35.2 Å². The number of benzene rings is 1. The van der Waals surface area contributed by atoms with Crippen molar-refractivity contribution in [3.63, 3.8) is 0 Å². The van der Waals surface area contributed by atoms with E-state index in [1.807, 2.05) is 6.92 Å². The van der Waals surface area contributed by atoms with E-state index in [0.29, 0.717) is 6.42 Å². The van der Waals surface area contributed by atoms with Gasteiger partial charge in [0.25, 0.3) is 0 Å². The highest BCUT2D eigenvalue weighted by Crippen LogP contribution is 2.29. The third-order valence-corrected chi connectivity index (χ3v) is 4.79. The first-order valence-corrected chi connectivity index (χ1v) is 6.69. The summed E-state index contributed by atoms with van der Waals surface area (Å²) < 4.78 is 25.4. The van der Waals surface area contributed by atoms with E-state index < -0.39 is 15.6 Å². The summed E-state index contributed by atoms with van der Waals surface area (Å²) in [6, 6.07) is 8.30. The van der Waals surface area contributed by atoms with Crippen LogP contribution >= 0.6 is 0 Å². The fourth-order valence-corrected chi connectivity index (χ4v) is 3.37. The fraction of sp³-hybridized carbons (Fsp3) is 0.455. The van der Waals surface area contributed by atoms with Gasteiger partial charge in [-0.25, -0.2) is 8.42 Å². The van der Waals surface area contributed by atoms with Crippen LogP contribution < -0.4 is 0 Å². The third-order valence-electron chi connectivity index (χ3n) is 2.98. The number of aliphatic hydroxyl groups is 1. The lowest BCUT2D eigenvalue weighted by Crippen LogP contribution is -2.62. The molecule has 0 unspecified atom stereocenters. The van der Waals surface area contributed by atoms with Crippen LogP contribution in [0.5, 0.6) is 0 Å². The molecule has 88 valence electrons. The summed E-state index contributed by atoms with van der Waals surface area (Å²) in [5.41, 5.74) is -0.831. The molecule has 1 aromatic carbocycles. The summed E-state index contributed by atoms with van der Waals surface area (Å²) in [7, 11) is -3.41. The number of rotatable bonds is 3. The Morgan fingerprint density at radius 2 is 1.88 bits per heavy atom. The summed E-state index contributed by atoms with van der Waals surface area (Å²) in [6.45, 7) is 2.24.